The molecule has 15 heteroatoms. The minimum Gasteiger partial charge on any atom is -0.497 e. The summed E-state index contributed by atoms with van der Waals surface area (Å²) in [4.78, 5) is 24.9. The molecule has 0 spiro atoms. The fourth-order valence-electron chi connectivity index (χ4n) is 27.1. The standard InChI is InChI=1S/C106H163N6O8P/c1-75(2)23-20-25-79(9)96-42-44-98-94-40-34-87-65-81(46-50-102(87,11)100(94)48-52-104(96,98)13)70-110-57-61-116-59-55-109(54-22-27-83(69-107)74-120-121(113)112(77(5)6)78(7)8)56-60-117-62-58-111(71-82-47-51-103(12)88(66-82)35-41-95-99-45-43-97(80(10)26-21-24-76(3)4)105(99,14)53-49-101(95)103)73-90-68-93(67-89(72-110)108-90)118-63-64-119-106(84-28-18-17-19-29-84,85-30-36-91(114-15)37-31-85)86-32-38-92(115-16)39-33-86/h17-19,28-39,67-68,75-83,94-101,113H,20-27,40-66,70-74H2,1-16H3/t79-,80+,81+,82-,83?,94+,95?,96+,97+,98+,99?,100+,101?,102+,103-,104-,105+,121?/m0/s1. The highest BCUT2D eigenvalue weighted by Gasteiger charge is 2.61. The predicted molar refractivity (Wildman–Crippen MR) is 495 cm³/mol. The van der Waals surface area contributed by atoms with Gasteiger partial charge in [-0.3, -0.25) is 19.7 Å². The number of benzene rings is 3. The first-order valence-electron chi connectivity index (χ1n) is 48.9. The molecule has 5 unspecified atom stereocenters. The van der Waals surface area contributed by atoms with Crippen LogP contribution in [0.15, 0.2) is 114 Å². The maximum absolute atomic E-state index is 11.2. The topological polar surface area (TPSA) is 134 Å². The van der Waals surface area contributed by atoms with Crippen LogP contribution in [0.1, 0.15) is 279 Å². The molecule has 9 aliphatic rings. The van der Waals surface area contributed by atoms with Crippen LogP contribution in [-0.4, -0.2) is 148 Å². The number of pyridine rings is 1. The van der Waals surface area contributed by atoms with Gasteiger partial charge in [0.05, 0.1) is 77.2 Å². The van der Waals surface area contributed by atoms with E-state index < -0.39 is 14.1 Å². The van der Waals surface area contributed by atoms with Crippen molar-refractivity contribution in [3.63, 3.8) is 0 Å². The zero-order valence-corrected chi connectivity index (χ0v) is 79.2. The summed E-state index contributed by atoms with van der Waals surface area (Å²) in [6.45, 7) is 44.7. The smallest absolute Gasteiger partial charge is 0.256 e. The van der Waals surface area contributed by atoms with Gasteiger partial charge in [-0.05, 0) is 295 Å². The molecule has 2 heterocycles. The average molecular weight is 1680 g/mol. The van der Waals surface area contributed by atoms with Crippen LogP contribution in [0.2, 0.25) is 0 Å². The Bertz CT molecular complexity index is 3760. The second-order valence-electron chi connectivity index (χ2n) is 42.4. The highest BCUT2D eigenvalue weighted by atomic mass is 31.2. The molecule has 14 nitrogen and oxygen atoms in total. The Kier molecular flexibility index (Phi) is 33.3. The molecule has 8 aliphatic carbocycles. The Morgan fingerprint density at radius 2 is 1.00 bits per heavy atom. The summed E-state index contributed by atoms with van der Waals surface area (Å²) in [5.74, 6) is 12.9. The Hall–Kier alpha value is -4.75. The lowest BCUT2D eigenvalue weighted by atomic mass is 9.46. The minimum absolute atomic E-state index is 0.132. The summed E-state index contributed by atoms with van der Waals surface area (Å²) in [5, 5.41) is 10.4. The van der Waals surface area contributed by atoms with Crippen molar-refractivity contribution in [3.05, 3.63) is 142 Å². The van der Waals surface area contributed by atoms with Crippen LogP contribution in [-0.2, 0) is 37.4 Å². The van der Waals surface area contributed by atoms with Crippen molar-refractivity contribution >= 4 is 8.53 Å². The van der Waals surface area contributed by atoms with Crippen molar-refractivity contribution in [2.45, 2.75) is 282 Å². The van der Waals surface area contributed by atoms with Gasteiger partial charge in [-0.15, -0.1) is 0 Å². The summed E-state index contributed by atoms with van der Waals surface area (Å²) in [6, 6.07) is 34.5. The van der Waals surface area contributed by atoms with E-state index in [1.54, 1.807) is 25.4 Å². The van der Waals surface area contributed by atoms with E-state index in [4.69, 9.17) is 37.9 Å². The molecule has 18 atom stereocenters. The van der Waals surface area contributed by atoms with Crippen LogP contribution in [0.3, 0.4) is 0 Å². The third-order valence-electron chi connectivity index (χ3n) is 33.4. The number of nitriles is 1. The van der Waals surface area contributed by atoms with Crippen LogP contribution in [0, 0.1) is 122 Å². The predicted octanol–water partition coefficient (Wildman–Crippen LogP) is 24.0. The molecule has 1 N–H and O–H groups in total. The number of hydrogen-bond acceptors (Lipinski definition) is 14. The van der Waals surface area contributed by atoms with Crippen LogP contribution in [0.4, 0.5) is 0 Å². The van der Waals surface area contributed by atoms with Crippen molar-refractivity contribution in [1.82, 2.24) is 24.4 Å². The lowest BCUT2D eigenvalue weighted by Crippen LogP contribution is -2.51. The van der Waals surface area contributed by atoms with Gasteiger partial charge in [0.1, 0.15) is 29.5 Å². The van der Waals surface area contributed by atoms with Crippen LogP contribution in [0.25, 0.3) is 0 Å². The van der Waals surface area contributed by atoms with E-state index in [1.807, 2.05) is 28.9 Å². The normalized spacial score (nSPS) is 30.8. The van der Waals surface area contributed by atoms with Gasteiger partial charge in [0, 0.05) is 76.6 Å². The summed E-state index contributed by atoms with van der Waals surface area (Å²) in [5.41, 5.74) is 9.07. The lowest BCUT2D eigenvalue weighted by Gasteiger charge is -2.58. The quantitative estimate of drug-likeness (QED) is 0.0206. The number of aromatic nitrogens is 1. The molecule has 2 bridgehead atoms. The van der Waals surface area contributed by atoms with E-state index in [1.165, 1.54) is 141 Å². The summed E-state index contributed by atoms with van der Waals surface area (Å²) in [6.07, 6.45) is 36.6. The largest absolute Gasteiger partial charge is 0.497 e. The van der Waals surface area contributed by atoms with Gasteiger partial charge in [0.15, 0.2) is 0 Å². The second-order valence-corrected chi connectivity index (χ2v) is 43.6. The van der Waals surface area contributed by atoms with Gasteiger partial charge >= 0.3 is 0 Å². The fourth-order valence-corrected chi connectivity index (χ4v) is 28.3. The van der Waals surface area contributed by atoms with Crippen molar-refractivity contribution in [3.8, 4) is 23.3 Å². The molecule has 1 aromatic heterocycles. The number of nitrogens with zero attached hydrogens (tertiary/aromatic N) is 6. The molecule has 0 radical (unpaired) electrons. The zero-order valence-electron chi connectivity index (χ0n) is 78.3. The zero-order chi connectivity index (χ0) is 85.6. The average Bonchev–Trinajstić information content (AvgIpc) is 1.65. The summed E-state index contributed by atoms with van der Waals surface area (Å²) >= 11 is 0. The molecule has 0 saturated heterocycles. The number of hydrogen-bond donors (Lipinski definition) is 1. The van der Waals surface area contributed by atoms with Gasteiger partial charge in [-0.1, -0.05) is 186 Å². The molecule has 4 aromatic rings. The molecule has 6 saturated carbocycles. The Morgan fingerprint density at radius 3 is 1.45 bits per heavy atom. The van der Waals surface area contributed by atoms with E-state index in [9.17, 15) is 10.2 Å². The van der Waals surface area contributed by atoms with Crippen LogP contribution < -0.4 is 14.2 Å². The Balaban J connectivity index is 0.777. The Labute approximate surface area is 735 Å². The first kappa shape index (κ1) is 93.9. The molecule has 1 aliphatic heterocycles. The number of methoxy groups -OCH3 is 2. The first-order chi connectivity index (χ1) is 58.3. The van der Waals surface area contributed by atoms with Crippen molar-refractivity contribution < 1.29 is 37.8 Å². The molecule has 3 aromatic carbocycles. The maximum atomic E-state index is 11.2. The van der Waals surface area contributed by atoms with E-state index in [0.717, 1.165) is 169 Å². The summed E-state index contributed by atoms with van der Waals surface area (Å²) < 4.78 is 47.9. The number of rotatable bonds is 34. The highest BCUT2D eigenvalue weighted by molar-refractivity contribution is 7.43. The fraction of sp³-hybridized carbons (Fsp3) is 0.736. The van der Waals surface area contributed by atoms with Crippen molar-refractivity contribution in [1.29, 1.82) is 5.26 Å². The first-order valence-corrected chi connectivity index (χ1v) is 50.1. The molecule has 670 valence electrons. The monoisotopic (exact) mass is 1680 g/mol. The van der Waals surface area contributed by atoms with Gasteiger partial charge in [0.2, 0.25) is 0 Å². The van der Waals surface area contributed by atoms with Gasteiger partial charge < -0.3 is 37.8 Å². The molecular weight excluding hydrogens is 1520 g/mol. The van der Waals surface area contributed by atoms with Crippen molar-refractivity contribution in [2.75, 3.05) is 106 Å². The number of ether oxygens (including phenoxy) is 6. The molecule has 6 fully saturated rings. The van der Waals surface area contributed by atoms with E-state index >= 15 is 0 Å². The molecule has 121 heavy (non-hydrogen) atoms. The van der Waals surface area contributed by atoms with E-state index in [-0.39, 0.29) is 35.4 Å². The van der Waals surface area contributed by atoms with E-state index in [0.29, 0.717) is 81.8 Å². The Morgan fingerprint density at radius 1 is 0.537 bits per heavy atom. The number of fused-ring (bicyclic) bond motifs is 12. The van der Waals surface area contributed by atoms with Crippen LogP contribution >= 0.6 is 8.53 Å². The van der Waals surface area contributed by atoms with Crippen LogP contribution in [0.5, 0.6) is 17.2 Å². The van der Waals surface area contributed by atoms with E-state index in [2.05, 4.69) is 197 Å². The number of allylic oxidation sites excluding steroid dienone is 4. The third kappa shape index (κ3) is 22.2. The van der Waals surface area contributed by atoms with Gasteiger partial charge in [-0.2, -0.15) is 5.26 Å². The third-order valence-corrected chi connectivity index (χ3v) is 35.1. The minimum atomic E-state index is -1.80. The van der Waals surface area contributed by atoms with Crippen molar-refractivity contribution in [2.24, 2.45) is 110 Å². The molecular formula is C106H163N6O8P. The van der Waals surface area contributed by atoms with Gasteiger partial charge in [0.25, 0.3) is 8.53 Å². The lowest BCUT2D eigenvalue weighted by molar-refractivity contribution is -0.0537. The second kappa shape index (κ2) is 42.9. The molecule has 0 amide bonds. The highest BCUT2D eigenvalue weighted by Crippen LogP contribution is 2.70. The molecule has 13 rings (SSSR count). The SMILES string of the molecule is COc1ccc(C(OCCOc2cc3nc(c2)CN(C[C@H]2CC[C@@]4(C)C(=CCC5C4CC[C@@]4(C)C5CC[C@@H]4[C@H](C)CCCC(C)C)C2)CCOCCN(CCCC(C#N)COP(O)N(C(C)C)C(C)C)CCOCCN(C[C@@H]2CC[C@]4(C)C(=CC[C@@H]5[C@H]6CC[C@H]([C@@H](C)CCCC(C)C)[C@]6(C)CC[C@H]54)C2)C3)(c2ccccc2)c2ccc(OC)cc2)cc1. The summed E-state index contributed by atoms with van der Waals surface area (Å²) in [7, 11) is 1.63. The maximum Gasteiger partial charge on any atom is 0.256 e. The van der Waals surface area contributed by atoms with Gasteiger partial charge in [-0.25, -0.2) is 4.67 Å².